The van der Waals surface area contributed by atoms with Crippen LogP contribution in [-0.4, -0.2) is 64.9 Å². The number of carbonyl (C=O) groups is 2. The first-order chi connectivity index (χ1) is 27.0. The van der Waals surface area contributed by atoms with E-state index < -0.39 is 22.5 Å². The van der Waals surface area contributed by atoms with E-state index in [1.807, 2.05) is 26.2 Å². The van der Waals surface area contributed by atoms with Gasteiger partial charge in [-0.3, -0.25) is 19.8 Å². The molecule has 300 valence electrons. The van der Waals surface area contributed by atoms with Crippen LogP contribution in [0.4, 0.5) is 11.4 Å². The van der Waals surface area contributed by atoms with E-state index in [0.717, 1.165) is 130 Å². The zero-order chi connectivity index (χ0) is 38.7. The highest BCUT2D eigenvalue weighted by Gasteiger charge is 2.50. The van der Waals surface area contributed by atoms with Gasteiger partial charge in [0.2, 0.25) is 0 Å². The summed E-state index contributed by atoms with van der Waals surface area (Å²) < 4.78 is 0. The van der Waals surface area contributed by atoms with E-state index in [4.69, 9.17) is 0 Å². The van der Waals surface area contributed by atoms with Crippen molar-refractivity contribution in [1.29, 1.82) is 0 Å². The third kappa shape index (κ3) is 6.98. The van der Waals surface area contributed by atoms with Crippen molar-refractivity contribution in [2.75, 3.05) is 10.6 Å². The SMILES string of the molecule is Cc1[nH]ncc1-c1cc2c(s1)C(=O)NC1(CCC(O)(C3CCCCC3)CC1)N2.Cc1[nH]ncc1-c1cc2c(s1)C(=O)NC1(CCC(O)(C3CCCCC3)CC1)N2. The lowest BCUT2D eigenvalue weighted by Gasteiger charge is -2.49. The van der Waals surface area contributed by atoms with Crippen molar-refractivity contribution < 1.29 is 19.8 Å². The maximum Gasteiger partial charge on any atom is 0.265 e. The number of aryl methyl sites for hydroxylation is 2. The highest BCUT2D eigenvalue weighted by Crippen LogP contribution is 2.49. The molecule has 0 saturated heterocycles. The average Bonchev–Trinajstić information content (AvgIpc) is 4.02. The van der Waals surface area contributed by atoms with Crippen molar-refractivity contribution in [3.63, 3.8) is 0 Å². The monoisotopic (exact) mass is 800 g/mol. The third-order valence-corrected chi connectivity index (χ3v) is 16.5. The molecular weight excluding hydrogens is 745 g/mol. The summed E-state index contributed by atoms with van der Waals surface area (Å²) in [5.74, 6) is 0.832. The molecule has 14 heteroatoms. The average molecular weight is 801 g/mol. The number of hydrogen-bond acceptors (Lipinski definition) is 10. The minimum Gasteiger partial charge on any atom is -0.390 e. The summed E-state index contributed by atoms with van der Waals surface area (Å²) in [6.45, 7) is 3.98. The van der Waals surface area contributed by atoms with E-state index in [9.17, 15) is 19.8 Å². The van der Waals surface area contributed by atoms with Gasteiger partial charge in [-0.2, -0.15) is 10.2 Å². The van der Waals surface area contributed by atoms with Crippen LogP contribution >= 0.6 is 22.7 Å². The van der Waals surface area contributed by atoms with E-state index in [2.05, 4.69) is 53.8 Å². The summed E-state index contributed by atoms with van der Waals surface area (Å²) in [5, 5.41) is 50.4. The highest BCUT2D eigenvalue weighted by atomic mass is 32.1. The number of anilines is 2. The molecule has 4 aromatic rings. The number of amides is 2. The van der Waals surface area contributed by atoms with Crippen LogP contribution in [0.1, 0.15) is 146 Å². The highest BCUT2D eigenvalue weighted by molar-refractivity contribution is 7.18. The quantitative estimate of drug-likeness (QED) is 0.101. The summed E-state index contributed by atoms with van der Waals surface area (Å²) in [6, 6.07) is 4.14. The van der Waals surface area contributed by atoms with Crippen molar-refractivity contribution >= 4 is 45.9 Å². The van der Waals surface area contributed by atoms with Gasteiger partial charge in [0.05, 0.1) is 35.0 Å². The van der Waals surface area contributed by atoms with E-state index in [1.54, 1.807) is 0 Å². The molecule has 0 bridgehead atoms. The number of carbonyl (C=O) groups excluding carboxylic acids is 2. The molecule has 0 aromatic carbocycles. The second-order valence-electron chi connectivity index (χ2n) is 17.7. The van der Waals surface area contributed by atoms with E-state index in [-0.39, 0.29) is 11.8 Å². The molecule has 0 radical (unpaired) electrons. The summed E-state index contributed by atoms with van der Waals surface area (Å²) >= 11 is 3.00. The molecule has 4 aromatic heterocycles. The molecule has 4 fully saturated rings. The molecule has 2 spiro atoms. The minimum absolute atomic E-state index is 0.00532. The van der Waals surface area contributed by atoms with Crippen molar-refractivity contribution in [3.05, 3.63) is 45.7 Å². The predicted molar refractivity (Wildman–Crippen MR) is 221 cm³/mol. The van der Waals surface area contributed by atoms with Gasteiger partial charge in [0.15, 0.2) is 0 Å². The Morgan fingerprint density at radius 1 is 0.571 bits per heavy atom. The second-order valence-corrected chi connectivity index (χ2v) is 19.8. The van der Waals surface area contributed by atoms with Gasteiger partial charge >= 0.3 is 0 Å². The molecule has 0 atom stereocenters. The maximum absolute atomic E-state index is 12.9. The maximum atomic E-state index is 12.9. The summed E-state index contributed by atoms with van der Waals surface area (Å²) in [5.41, 5.74) is 3.91. The number of aromatic nitrogens is 4. The summed E-state index contributed by atoms with van der Waals surface area (Å²) in [6.07, 6.45) is 21.8. The minimum atomic E-state index is -0.563. The van der Waals surface area contributed by atoms with Gasteiger partial charge in [-0.25, -0.2) is 0 Å². The van der Waals surface area contributed by atoms with Crippen LogP contribution in [0.2, 0.25) is 0 Å². The first-order valence-corrected chi connectivity index (χ1v) is 22.5. The second kappa shape index (κ2) is 14.6. The number of nitrogens with one attached hydrogen (secondary N) is 6. The molecule has 8 N–H and O–H groups in total. The number of hydrogen-bond donors (Lipinski definition) is 8. The molecule has 56 heavy (non-hydrogen) atoms. The Morgan fingerprint density at radius 3 is 1.29 bits per heavy atom. The Balaban J connectivity index is 0.000000146. The van der Waals surface area contributed by atoms with Gasteiger partial charge in [-0.15, -0.1) is 22.7 Å². The topological polar surface area (TPSA) is 180 Å². The van der Waals surface area contributed by atoms with Crippen molar-refractivity contribution in [3.8, 4) is 20.9 Å². The number of aromatic amines is 2. The smallest absolute Gasteiger partial charge is 0.265 e. The first kappa shape index (κ1) is 37.8. The van der Waals surface area contributed by atoms with Gasteiger partial charge in [0.1, 0.15) is 21.1 Å². The van der Waals surface area contributed by atoms with Crippen LogP contribution in [0.5, 0.6) is 0 Å². The lowest BCUT2D eigenvalue weighted by molar-refractivity contribution is -0.0745. The van der Waals surface area contributed by atoms with Crippen LogP contribution in [0.25, 0.3) is 20.9 Å². The molecule has 2 amide bonds. The molecule has 10 rings (SSSR count). The molecule has 4 saturated carbocycles. The van der Waals surface area contributed by atoms with Gasteiger partial charge in [-0.05, 0) is 115 Å². The van der Waals surface area contributed by atoms with Crippen LogP contribution in [0.3, 0.4) is 0 Å². The van der Waals surface area contributed by atoms with Crippen molar-refractivity contribution in [2.45, 2.75) is 152 Å². The molecule has 0 unspecified atom stereocenters. The predicted octanol–water partition coefficient (Wildman–Crippen LogP) is 8.37. The molecule has 12 nitrogen and oxygen atoms in total. The van der Waals surface area contributed by atoms with Gasteiger partial charge in [-0.1, -0.05) is 38.5 Å². The van der Waals surface area contributed by atoms with E-state index in [1.165, 1.54) is 61.2 Å². The zero-order valence-corrected chi connectivity index (χ0v) is 34.2. The largest absolute Gasteiger partial charge is 0.390 e. The van der Waals surface area contributed by atoms with Crippen molar-refractivity contribution in [2.24, 2.45) is 11.8 Å². The third-order valence-electron chi connectivity index (χ3n) is 14.2. The Labute approximate surface area is 336 Å². The molecule has 6 aliphatic rings. The molecule has 6 heterocycles. The Hall–Kier alpha value is -3.72. The fourth-order valence-corrected chi connectivity index (χ4v) is 12.9. The molecule has 4 aliphatic carbocycles. The number of fused-ring (bicyclic) bond motifs is 2. The van der Waals surface area contributed by atoms with E-state index in [0.29, 0.717) is 11.8 Å². The van der Waals surface area contributed by atoms with E-state index >= 15 is 0 Å². The fraction of sp³-hybridized carbons (Fsp3) is 0.619. The Kier molecular flexibility index (Phi) is 9.85. The number of thiophene rings is 2. The van der Waals surface area contributed by atoms with Crippen molar-refractivity contribution in [1.82, 2.24) is 31.0 Å². The number of H-pyrrole nitrogens is 2. The standard InChI is InChI=1S/2C21H28N4O2S/c2*1-13-15(12-22-25-13)17-11-16-18(28-17)19(26)24-21(23-16)9-7-20(27,8-10-21)14-5-3-2-4-6-14/h2*11-12,14,23,27H,2-10H2,1H3,(H,22,25)(H,24,26). The Morgan fingerprint density at radius 2 is 0.946 bits per heavy atom. The normalized spacial score (nSPS) is 30.7. The lowest BCUT2D eigenvalue weighted by atomic mass is 9.67. The van der Waals surface area contributed by atoms with Gasteiger partial charge < -0.3 is 31.5 Å². The molecule has 2 aliphatic heterocycles. The van der Waals surface area contributed by atoms with Crippen LogP contribution in [-0.2, 0) is 0 Å². The van der Waals surface area contributed by atoms with Crippen LogP contribution in [0.15, 0.2) is 24.5 Å². The molecular formula is C42H56N8O4S2. The summed E-state index contributed by atoms with van der Waals surface area (Å²) in [4.78, 5) is 29.3. The van der Waals surface area contributed by atoms with Crippen LogP contribution in [0, 0.1) is 25.7 Å². The number of rotatable bonds is 4. The number of nitrogens with zero attached hydrogens (tertiary/aromatic N) is 2. The number of aliphatic hydroxyl groups is 2. The van der Waals surface area contributed by atoms with Crippen LogP contribution < -0.4 is 21.3 Å². The Bertz CT molecular complexity index is 1920. The first-order valence-electron chi connectivity index (χ1n) is 20.9. The fourth-order valence-electron chi connectivity index (χ4n) is 10.7. The van der Waals surface area contributed by atoms with Gasteiger partial charge in [0.25, 0.3) is 11.8 Å². The lowest BCUT2D eigenvalue weighted by Crippen LogP contribution is -2.61. The zero-order valence-electron chi connectivity index (χ0n) is 32.6. The summed E-state index contributed by atoms with van der Waals surface area (Å²) in [7, 11) is 0. The van der Waals surface area contributed by atoms with Gasteiger partial charge in [0, 0.05) is 32.3 Å².